The zero-order chi connectivity index (χ0) is 25.2. The molecule has 1 atom stereocenters. The number of rotatable bonds is 7. The number of nitrogens with one attached hydrogen (secondary N) is 2. The van der Waals surface area contributed by atoms with Crippen LogP contribution in [0.25, 0.3) is 0 Å². The van der Waals surface area contributed by atoms with Crippen molar-refractivity contribution in [2.45, 2.75) is 39.9 Å². The second-order valence-electron chi connectivity index (χ2n) is 8.63. The third-order valence-corrected chi connectivity index (χ3v) is 6.24. The van der Waals surface area contributed by atoms with E-state index in [9.17, 15) is 27.6 Å². The van der Waals surface area contributed by atoms with Gasteiger partial charge in [0.15, 0.2) is 11.6 Å². The summed E-state index contributed by atoms with van der Waals surface area (Å²) in [4.78, 5) is 44.2. The van der Waals surface area contributed by atoms with Gasteiger partial charge < -0.3 is 10.3 Å². The summed E-state index contributed by atoms with van der Waals surface area (Å²) in [6.45, 7) is 8.80. The number of ketones is 2. The molecule has 0 unspecified atom stereocenters. The number of carbonyl (C=O) groups excluding carboxylic acids is 3. The van der Waals surface area contributed by atoms with Gasteiger partial charge >= 0.3 is 6.18 Å². The van der Waals surface area contributed by atoms with E-state index in [1.807, 2.05) is 16.7 Å². The molecule has 0 aliphatic carbocycles. The molecule has 10 heteroatoms. The fourth-order valence-electron chi connectivity index (χ4n) is 4.44. The zero-order valence-electron chi connectivity index (χ0n) is 19.7. The monoisotopic (exact) mass is 478 g/mol. The van der Waals surface area contributed by atoms with Gasteiger partial charge in [0, 0.05) is 37.4 Å². The minimum absolute atomic E-state index is 0.0424. The van der Waals surface area contributed by atoms with E-state index in [2.05, 4.69) is 10.3 Å². The van der Waals surface area contributed by atoms with Gasteiger partial charge in [-0.2, -0.15) is 13.2 Å². The van der Waals surface area contributed by atoms with Gasteiger partial charge in [-0.1, -0.05) is 12.1 Å². The van der Waals surface area contributed by atoms with Crippen molar-refractivity contribution in [2.24, 2.45) is 0 Å². The maximum absolute atomic E-state index is 13.1. The van der Waals surface area contributed by atoms with Crippen LogP contribution in [0.15, 0.2) is 24.3 Å². The summed E-state index contributed by atoms with van der Waals surface area (Å²) in [5.41, 5.74) is 1.14. The van der Waals surface area contributed by atoms with Crippen LogP contribution in [0.5, 0.6) is 0 Å². The summed E-state index contributed by atoms with van der Waals surface area (Å²) in [6.07, 6.45) is -4.56. The van der Waals surface area contributed by atoms with Gasteiger partial charge in [-0.3, -0.25) is 24.2 Å². The van der Waals surface area contributed by atoms with Crippen molar-refractivity contribution in [2.75, 3.05) is 38.0 Å². The lowest BCUT2D eigenvalue weighted by Crippen LogP contribution is -2.53. The van der Waals surface area contributed by atoms with Crippen LogP contribution >= 0.6 is 0 Å². The highest BCUT2D eigenvalue weighted by atomic mass is 19.4. The van der Waals surface area contributed by atoms with E-state index in [4.69, 9.17) is 0 Å². The Morgan fingerprint density at radius 2 is 1.71 bits per heavy atom. The van der Waals surface area contributed by atoms with E-state index in [0.29, 0.717) is 48.7 Å². The molecule has 1 aromatic carbocycles. The molecule has 1 aliphatic rings. The summed E-state index contributed by atoms with van der Waals surface area (Å²) in [5, 5.41) is 2.36. The van der Waals surface area contributed by atoms with Crippen molar-refractivity contribution in [3.05, 3.63) is 52.3 Å². The number of piperazine rings is 1. The number of aryl methyl sites for hydroxylation is 1. The number of benzene rings is 1. The predicted octanol–water partition coefficient (Wildman–Crippen LogP) is 3.68. The first-order valence-corrected chi connectivity index (χ1v) is 11.1. The summed E-state index contributed by atoms with van der Waals surface area (Å²) in [6, 6.07) is 4.45. The van der Waals surface area contributed by atoms with Crippen LogP contribution in [0.4, 0.5) is 18.9 Å². The van der Waals surface area contributed by atoms with E-state index in [-0.39, 0.29) is 23.8 Å². The van der Waals surface area contributed by atoms with Gasteiger partial charge in [-0.25, -0.2) is 0 Å². The lowest BCUT2D eigenvalue weighted by atomic mass is 10.0. The Balaban J connectivity index is 1.57. The van der Waals surface area contributed by atoms with Gasteiger partial charge in [0.05, 0.1) is 29.5 Å². The van der Waals surface area contributed by atoms with Crippen LogP contribution in [0.2, 0.25) is 0 Å². The Morgan fingerprint density at radius 1 is 1.09 bits per heavy atom. The number of hydrogen-bond donors (Lipinski definition) is 2. The van der Waals surface area contributed by atoms with Crippen molar-refractivity contribution in [1.82, 2.24) is 14.8 Å². The Bertz CT molecular complexity index is 1090. The first-order valence-electron chi connectivity index (χ1n) is 11.1. The SMILES string of the molecule is CC(=O)c1c(C)[nH]c(C(=O)[C@H](C)N2CCN(CC(=O)Nc3ccccc3C(F)(F)F)CC2)c1C. The quantitative estimate of drug-likeness (QED) is 0.593. The smallest absolute Gasteiger partial charge is 0.355 e. The van der Waals surface area contributed by atoms with Crippen LogP contribution in [0.1, 0.15) is 51.5 Å². The molecule has 0 spiro atoms. The number of H-pyrrole nitrogens is 1. The molecule has 3 rings (SSSR count). The normalized spacial score (nSPS) is 16.3. The molecule has 1 fully saturated rings. The molecule has 2 N–H and O–H groups in total. The van der Waals surface area contributed by atoms with Crippen LogP contribution in [-0.4, -0.2) is 71.0 Å². The fraction of sp³-hybridized carbons (Fsp3) is 0.458. The second kappa shape index (κ2) is 10.1. The van der Waals surface area contributed by atoms with E-state index in [1.165, 1.54) is 25.1 Å². The van der Waals surface area contributed by atoms with Crippen LogP contribution in [0, 0.1) is 13.8 Å². The molecule has 1 aromatic heterocycles. The molecule has 1 amide bonds. The summed E-state index contributed by atoms with van der Waals surface area (Å²) in [7, 11) is 0. The number of aromatic nitrogens is 1. The highest BCUT2D eigenvalue weighted by molar-refractivity contribution is 6.05. The molecule has 1 saturated heterocycles. The number of alkyl halides is 3. The third kappa shape index (κ3) is 5.56. The van der Waals surface area contributed by atoms with Gasteiger partial charge in [0.2, 0.25) is 5.91 Å². The average molecular weight is 479 g/mol. The van der Waals surface area contributed by atoms with Crippen molar-refractivity contribution in [3.63, 3.8) is 0 Å². The van der Waals surface area contributed by atoms with Gasteiger partial charge in [-0.15, -0.1) is 0 Å². The molecule has 0 saturated carbocycles. The molecule has 1 aliphatic heterocycles. The molecule has 7 nitrogen and oxygen atoms in total. The molecule has 0 radical (unpaired) electrons. The summed E-state index contributed by atoms with van der Waals surface area (Å²) < 4.78 is 39.4. The van der Waals surface area contributed by atoms with Crippen molar-refractivity contribution in [1.29, 1.82) is 0 Å². The minimum atomic E-state index is -4.56. The topological polar surface area (TPSA) is 85.5 Å². The highest BCUT2D eigenvalue weighted by Gasteiger charge is 2.34. The Hall–Kier alpha value is -2.98. The van der Waals surface area contributed by atoms with E-state index in [1.54, 1.807) is 13.8 Å². The van der Waals surface area contributed by atoms with Crippen molar-refractivity contribution >= 4 is 23.2 Å². The summed E-state index contributed by atoms with van der Waals surface area (Å²) in [5.74, 6) is -0.728. The number of amides is 1. The molecule has 34 heavy (non-hydrogen) atoms. The maximum Gasteiger partial charge on any atom is 0.418 e. The standard InChI is InChI=1S/C24H29F3N4O3/c1-14-21(17(4)32)15(2)28-22(14)23(34)16(3)31-11-9-30(10-12-31)13-20(33)29-19-8-6-5-7-18(19)24(25,26)27/h5-8,16,28H,9-13H2,1-4H3,(H,29,33)/t16-/m0/s1. The van der Waals surface area contributed by atoms with Crippen LogP contribution in [0.3, 0.4) is 0 Å². The Morgan fingerprint density at radius 3 is 2.26 bits per heavy atom. The van der Waals surface area contributed by atoms with Gasteiger partial charge in [0.25, 0.3) is 0 Å². The number of halogens is 3. The van der Waals surface area contributed by atoms with E-state index >= 15 is 0 Å². The number of hydrogen-bond acceptors (Lipinski definition) is 5. The second-order valence-corrected chi connectivity index (χ2v) is 8.63. The number of carbonyl (C=O) groups is 3. The van der Waals surface area contributed by atoms with Crippen molar-refractivity contribution in [3.8, 4) is 0 Å². The number of Topliss-reactive ketones (excluding diaryl/α,β-unsaturated/α-hetero) is 2. The van der Waals surface area contributed by atoms with Crippen LogP contribution < -0.4 is 5.32 Å². The van der Waals surface area contributed by atoms with Gasteiger partial charge in [0.1, 0.15) is 0 Å². The number of aromatic amines is 1. The first kappa shape index (κ1) is 25.6. The number of anilines is 1. The lowest BCUT2D eigenvalue weighted by Gasteiger charge is -2.37. The highest BCUT2D eigenvalue weighted by Crippen LogP contribution is 2.34. The number of para-hydroxylation sites is 1. The predicted molar refractivity (Wildman–Crippen MR) is 122 cm³/mol. The molecule has 2 aromatic rings. The summed E-state index contributed by atoms with van der Waals surface area (Å²) >= 11 is 0. The number of nitrogens with zero attached hydrogens (tertiary/aromatic N) is 2. The fourth-order valence-corrected chi connectivity index (χ4v) is 4.44. The molecular formula is C24H29F3N4O3. The third-order valence-electron chi connectivity index (χ3n) is 6.24. The molecule has 0 bridgehead atoms. The van der Waals surface area contributed by atoms with Crippen molar-refractivity contribution < 1.29 is 27.6 Å². The van der Waals surface area contributed by atoms with E-state index in [0.717, 1.165) is 6.07 Å². The molecule has 2 heterocycles. The Labute approximate surface area is 196 Å². The first-order chi connectivity index (χ1) is 15.9. The Kier molecular flexibility index (Phi) is 7.62. The van der Waals surface area contributed by atoms with Crippen LogP contribution in [-0.2, 0) is 11.0 Å². The minimum Gasteiger partial charge on any atom is -0.355 e. The lowest BCUT2D eigenvalue weighted by molar-refractivity contribution is -0.137. The zero-order valence-corrected chi connectivity index (χ0v) is 19.7. The largest absolute Gasteiger partial charge is 0.418 e. The maximum atomic E-state index is 13.1. The van der Waals surface area contributed by atoms with Gasteiger partial charge in [-0.05, 0) is 45.4 Å². The average Bonchev–Trinajstić information content (AvgIpc) is 3.06. The molecule has 184 valence electrons. The molecular weight excluding hydrogens is 449 g/mol. The van der Waals surface area contributed by atoms with E-state index < -0.39 is 23.7 Å².